The molecule has 1 aromatic heterocycles. The molecule has 0 spiro atoms. The van der Waals surface area contributed by atoms with E-state index in [1.165, 1.54) is 0 Å². The van der Waals surface area contributed by atoms with Crippen molar-refractivity contribution in [1.29, 1.82) is 0 Å². The van der Waals surface area contributed by atoms with E-state index in [0.29, 0.717) is 18.7 Å². The summed E-state index contributed by atoms with van der Waals surface area (Å²) >= 11 is 3.43. The topological polar surface area (TPSA) is 40.6 Å². The maximum absolute atomic E-state index is 14.9. The van der Waals surface area contributed by atoms with E-state index in [1.54, 1.807) is 6.20 Å². The molecule has 1 aromatic rings. The van der Waals surface area contributed by atoms with Gasteiger partial charge >= 0.3 is 7.12 Å². The molecule has 1 aliphatic carbocycles. The second-order valence-electron chi connectivity index (χ2n) is 7.65. The fraction of sp³-hybridized carbons (Fsp3) is 0.611. The van der Waals surface area contributed by atoms with E-state index in [0.717, 1.165) is 22.9 Å². The maximum Gasteiger partial charge on any atom is 0.525 e. The molecule has 2 aliphatic rings. The molecule has 25 heavy (non-hydrogen) atoms. The van der Waals surface area contributed by atoms with Crippen LogP contribution in [0.5, 0.6) is 5.88 Å². The number of aromatic nitrogens is 1. The Hall–Kier alpha value is -0.915. The van der Waals surface area contributed by atoms with Crippen LogP contribution in [-0.2, 0) is 9.31 Å². The number of rotatable bonds is 3. The van der Waals surface area contributed by atoms with Crippen molar-refractivity contribution in [3.8, 4) is 5.88 Å². The predicted octanol–water partition coefficient (Wildman–Crippen LogP) is 5.02. The normalized spacial score (nSPS) is 25.1. The van der Waals surface area contributed by atoms with Crippen molar-refractivity contribution in [1.82, 2.24) is 4.98 Å². The molecule has 0 bridgehead atoms. The fourth-order valence-corrected chi connectivity index (χ4v) is 3.37. The smallest absolute Gasteiger partial charge is 0.474 e. The molecule has 0 atom stereocenters. The maximum atomic E-state index is 14.9. The Morgan fingerprint density at radius 2 is 1.84 bits per heavy atom. The SMILES string of the molecule is CC1(C)OB(C(F)=C2CCC(Oc3ncccc3Br)CC2)OC1(C)C. The highest BCUT2D eigenvalue weighted by atomic mass is 79.9. The lowest BCUT2D eigenvalue weighted by Crippen LogP contribution is -2.41. The molecule has 1 saturated heterocycles. The van der Waals surface area contributed by atoms with E-state index >= 15 is 0 Å². The third-order valence-electron chi connectivity index (χ3n) is 5.34. The minimum atomic E-state index is -0.901. The van der Waals surface area contributed by atoms with Crippen molar-refractivity contribution >= 4 is 23.0 Å². The third-order valence-corrected chi connectivity index (χ3v) is 5.94. The lowest BCUT2D eigenvalue weighted by molar-refractivity contribution is 0.00578. The molecule has 1 saturated carbocycles. The summed E-state index contributed by atoms with van der Waals surface area (Å²) in [6, 6.07) is 3.74. The largest absolute Gasteiger partial charge is 0.525 e. The molecule has 0 amide bonds. The summed E-state index contributed by atoms with van der Waals surface area (Å²) in [6.45, 7) is 7.72. The highest BCUT2D eigenvalue weighted by Crippen LogP contribution is 2.41. The van der Waals surface area contributed by atoms with Gasteiger partial charge in [0.05, 0.1) is 15.7 Å². The molecule has 0 N–H and O–H groups in total. The van der Waals surface area contributed by atoms with Gasteiger partial charge in [0.15, 0.2) is 0 Å². The lowest BCUT2D eigenvalue weighted by atomic mass is 9.79. The van der Waals surface area contributed by atoms with E-state index in [1.807, 2.05) is 39.8 Å². The molecule has 3 rings (SSSR count). The predicted molar refractivity (Wildman–Crippen MR) is 99.0 cm³/mol. The average molecular weight is 412 g/mol. The Bertz CT molecular complexity index is 654. The minimum Gasteiger partial charge on any atom is -0.474 e. The first-order chi connectivity index (χ1) is 11.7. The zero-order chi connectivity index (χ0) is 18.2. The summed E-state index contributed by atoms with van der Waals surface area (Å²) in [7, 11) is -0.901. The van der Waals surface area contributed by atoms with Crippen LogP contribution in [0.3, 0.4) is 0 Å². The van der Waals surface area contributed by atoms with Crippen molar-refractivity contribution in [2.45, 2.75) is 70.7 Å². The van der Waals surface area contributed by atoms with E-state index < -0.39 is 18.3 Å². The molecule has 2 heterocycles. The van der Waals surface area contributed by atoms with Gasteiger partial charge in [-0.2, -0.15) is 0 Å². The highest BCUT2D eigenvalue weighted by molar-refractivity contribution is 9.10. The molecule has 0 radical (unpaired) electrons. The highest BCUT2D eigenvalue weighted by Gasteiger charge is 2.53. The second-order valence-corrected chi connectivity index (χ2v) is 8.50. The van der Waals surface area contributed by atoms with Crippen molar-refractivity contribution in [3.63, 3.8) is 0 Å². The van der Waals surface area contributed by atoms with Gasteiger partial charge in [0.2, 0.25) is 5.88 Å². The van der Waals surface area contributed by atoms with Crippen LogP contribution in [0.15, 0.2) is 34.1 Å². The fourth-order valence-electron chi connectivity index (χ4n) is 3.03. The first-order valence-electron chi connectivity index (χ1n) is 8.70. The Morgan fingerprint density at radius 1 is 1.24 bits per heavy atom. The van der Waals surface area contributed by atoms with Crippen LogP contribution in [0.1, 0.15) is 53.4 Å². The molecule has 4 nitrogen and oxygen atoms in total. The number of ether oxygens (including phenoxy) is 1. The summed E-state index contributed by atoms with van der Waals surface area (Å²) in [5.41, 5.74) is -0.544. The minimum absolute atomic E-state index is 0.0426. The van der Waals surface area contributed by atoms with Gasteiger partial charge in [-0.1, -0.05) is 0 Å². The van der Waals surface area contributed by atoms with Crippen LogP contribution in [0, 0.1) is 0 Å². The van der Waals surface area contributed by atoms with Crippen LogP contribution in [0.2, 0.25) is 0 Å². The van der Waals surface area contributed by atoms with Gasteiger partial charge in [-0.3, -0.25) is 0 Å². The Kier molecular flexibility index (Phi) is 5.29. The number of hydrogen-bond donors (Lipinski definition) is 0. The van der Waals surface area contributed by atoms with Gasteiger partial charge in [0.25, 0.3) is 0 Å². The lowest BCUT2D eigenvalue weighted by Gasteiger charge is -2.32. The van der Waals surface area contributed by atoms with E-state index in [2.05, 4.69) is 20.9 Å². The summed E-state index contributed by atoms with van der Waals surface area (Å²) in [5.74, 6) is 0.589. The van der Waals surface area contributed by atoms with E-state index in [4.69, 9.17) is 14.0 Å². The zero-order valence-corrected chi connectivity index (χ0v) is 16.7. The standard InChI is InChI=1S/C18H24BBrFNO3/c1-17(2)18(3,4)25-19(24-17)15(21)12-7-9-13(10-8-12)23-16-14(20)6-5-11-22-16/h5-6,11,13H,7-10H2,1-4H3. The van der Waals surface area contributed by atoms with E-state index in [9.17, 15) is 4.39 Å². The van der Waals surface area contributed by atoms with Gasteiger partial charge < -0.3 is 14.0 Å². The molecule has 136 valence electrons. The average Bonchev–Trinajstić information content (AvgIpc) is 2.78. The molecule has 0 unspecified atom stereocenters. The summed E-state index contributed by atoms with van der Waals surface area (Å²) in [6.07, 6.45) is 4.54. The molecule has 7 heteroatoms. The zero-order valence-electron chi connectivity index (χ0n) is 15.1. The Morgan fingerprint density at radius 3 is 2.40 bits per heavy atom. The van der Waals surface area contributed by atoms with Gasteiger partial charge in [-0.25, -0.2) is 9.37 Å². The Labute approximate surface area is 157 Å². The first kappa shape index (κ1) is 18.9. The number of pyridine rings is 1. The van der Waals surface area contributed by atoms with Gasteiger partial charge in [-0.05, 0) is 87.0 Å². The number of halogens is 2. The van der Waals surface area contributed by atoms with Crippen LogP contribution in [0.25, 0.3) is 0 Å². The van der Waals surface area contributed by atoms with Crippen LogP contribution < -0.4 is 4.74 Å². The van der Waals surface area contributed by atoms with E-state index in [-0.39, 0.29) is 11.8 Å². The van der Waals surface area contributed by atoms with Crippen molar-refractivity contribution < 1.29 is 18.4 Å². The second kappa shape index (κ2) is 7.01. The molecular formula is C18H24BBrFNO3. The summed E-state index contributed by atoms with van der Waals surface area (Å²) < 4.78 is 33.3. The van der Waals surface area contributed by atoms with Crippen molar-refractivity contribution in [2.24, 2.45) is 0 Å². The van der Waals surface area contributed by atoms with Crippen molar-refractivity contribution in [3.05, 3.63) is 34.1 Å². The van der Waals surface area contributed by atoms with Crippen molar-refractivity contribution in [2.75, 3.05) is 0 Å². The first-order valence-corrected chi connectivity index (χ1v) is 9.49. The molecular weight excluding hydrogens is 388 g/mol. The van der Waals surface area contributed by atoms with Crippen LogP contribution >= 0.6 is 15.9 Å². The number of allylic oxidation sites excluding steroid dienone is 1. The van der Waals surface area contributed by atoms with Gasteiger partial charge in [-0.15, -0.1) is 0 Å². The number of hydrogen-bond acceptors (Lipinski definition) is 4. The van der Waals surface area contributed by atoms with Crippen LogP contribution in [0.4, 0.5) is 4.39 Å². The molecule has 1 aliphatic heterocycles. The molecule has 0 aromatic carbocycles. The number of nitrogens with zero attached hydrogens (tertiary/aromatic N) is 1. The quantitative estimate of drug-likeness (QED) is 0.654. The summed E-state index contributed by atoms with van der Waals surface area (Å²) in [4.78, 5) is 4.23. The third kappa shape index (κ3) is 3.93. The Balaban J connectivity index is 1.62. The molecule has 2 fully saturated rings. The summed E-state index contributed by atoms with van der Waals surface area (Å²) in [5, 5.41) is 0. The monoisotopic (exact) mass is 411 g/mol. The van der Waals surface area contributed by atoms with Crippen LogP contribution in [-0.4, -0.2) is 29.4 Å². The van der Waals surface area contributed by atoms with Gasteiger partial charge in [0, 0.05) is 6.20 Å². The van der Waals surface area contributed by atoms with Gasteiger partial charge in [0.1, 0.15) is 11.8 Å².